The fourth-order valence-electron chi connectivity index (χ4n) is 4.83. The maximum absolute atomic E-state index is 12.4. The van der Waals surface area contributed by atoms with Gasteiger partial charge in [-0.15, -0.1) is 13.2 Å². The minimum Gasteiger partial charge on any atom is -0.406 e. The van der Waals surface area contributed by atoms with Crippen molar-refractivity contribution < 1.29 is 23.0 Å². The summed E-state index contributed by atoms with van der Waals surface area (Å²) in [6.07, 6.45) is -2.42. The maximum Gasteiger partial charge on any atom is 0.573 e. The van der Waals surface area contributed by atoms with Crippen molar-refractivity contribution in [3.63, 3.8) is 0 Å². The van der Waals surface area contributed by atoms with Crippen LogP contribution in [0.1, 0.15) is 57.3 Å². The van der Waals surface area contributed by atoms with Crippen molar-refractivity contribution >= 4 is 0 Å². The van der Waals surface area contributed by atoms with Crippen molar-refractivity contribution in [3.05, 3.63) is 29.3 Å². The maximum atomic E-state index is 12.4. The van der Waals surface area contributed by atoms with Crippen LogP contribution in [-0.2, 0) is 5.41 Å². The second-order valence-electron chi connectivity index (χ2n) is 7.48. The first kappa shape index (κ1) is 15.7. The lowest BCUT2D eigenvalue weighted by atomic mass is 9.56. The van der Waals surface area contributed by atoms with E-state index in [1.807, 2.05) is 0 Å². The number of halogens is 3. The number of fused-ring (bicyclic) bond motifs is 3. The molecule has 1 fully saturated rings. The van der Waals surface area contributed by atoms with Crippen molar-refractivity contribution in [1.82, 2.24) is 0 Å². The van der Waals surface area contributed by atoms with Crippen LogP contribution in [0, 0.1) is 11.3 Å². The lowest BCUT2D eigenvalue weighted by molar-refractivity contribution is -0.274. The van der Waals surface area contributed by atoms with E-state index in [1.165, 1.54) is 12.1 Å². The summed E-state index contributed by atoms with van der Waals surface area (Å²) in [4.78, 5) is 0. The van der Waals surface area contributed by atoms with E-state index in [1.54, 1.807) is 6.07 Å². The third-order valence-corrected chi connectivity index (χ3v) is 5.55. The van der Waals surface area contributed by atoms with Gasteiger partial charge in [-0.25, -0.2) is 0 Å². The molecule has 0 amide bonds. The summed E-state index contributed by atoms with van der Waals surface area (Å²) < 4.78 is 41.4. The number of benzene rings is 1. The van der Waals surface area contributed by atoms with Crippen LogP contribution < -0.4 is 4.74 Å². The van der Waals surface area contributed by atoms with Gasteiger partial charge in [0, 0.05) is 5.92 Å². The lowest BCUT2D eigenvalue weighted by Gasteiger charge is -2.48. The standard InChI is InChI=1S/C17H21F3O2/c1-15(2)7-4-8-16(3)12-9-10(22-17(18,19)20)5-6-11(12)13(21)14(15)16/h5-6,9,13-14,21H,4,7-8H2,1-3H3/t13-,14+,16-/m0/s1. The van der Waals surface area contributed by atoms with Crippen LogP contribution in [-0.4, -0.2) is 11.5 Å². The van der Waals surface area contributed by atoms with Gasteiger partial charge in [-0.3, -0.25) is 0 Å². The number of ether oxygens (including phenoxy) is 1. The average molecular weight is 314 g/mol. The predicted molar refractivity (Wildman–Crippen MR) is 76.6 cm³/mol. The summed E-state index contributed by atoms with van der Waals surface area (Å²) in [5.41, 5.74) is 1.20. The van der Waals surface area contributed by atoms with Gasteiger partial charge in [0.05, 0.1) is 6.10 Å². The third-order valence-electron chi connectivity index (χ3n) is 5.55. The Labute approximate surface area is 128 Å². The molecule has 0 saturated heterocycles. The van der Waals surface area contributed by atoms with Crippen LogP contribution >= 0.6 is 0 Å². The van der Waals surface area contributed by atoms with Gasteiger partial charge in [-0.2, -0.15) is 0 Å². The minimum absolute atomic E-state index is 0.0184. The zero-order valence-electron chi connectivity index (χ0n) is 13.0. The van der Waals surface area contributed by atoms with Crippen molar-refractivity contribution in [2.45, 2.75) is 57.9 Å². The molecular weight excluding hydrogens is 293 g/mol. The fraction of sp³-hybridized carbons (Fsp3) is 0.647. The number of hydrogen-bond acceptors (Lipinski definition) is 2. The van der Waals surface area contributed by atoms with Crippen molar-refractivity contribution in [2.75, 3.05) is 0 Å². The first-order valence-corrected chi connectivity index (χ1v) is 7.63. The zero-order chi connectivity index (χ0) is 16.3. The van der Waals surface area contributed by atoms with Crippen molar-refractivity contribution in [2.24, 2.45) is 11.3 Å². The molecule has 0 aliphatic heterocycles. The van der Waals surface area contributed by atoms with E-state index in [9.17, 15) is 18.3 Å². The van der Waals surface area contributed by atoms with Crippen LogP contribution in [0.3, 0.4) is 0 Å². The molecule has 5 heteroatoms. The van der Waals surface area contributed by atoms with E-state index in [0.29, 0.717) is 0 Å². The summed E-state index contributed by atoms with van der Waals surface area (Å²) in [6.45, 7) is 6.33. The molecule has 1 aromatic carbocycles. The minimum atomic E-state index is -4.70. The first-order valence-electron chi connectivity index (χ1n) is 7.63. The van der Waals surface area contributed by atoms with Crippen LogP contribution in [0.2, 0.25) is 0 Å². The average Bonchev–Trinajstić information content (AvgIpc) is 2.57. The number of aliphatic hydroxyl groups is 1. The Hall–Kier alpha value is -1.23. The monoisotopic (exact) mass is 314 g/mol. The summed E-state index contributed by atoms with van der Waals surface area (Å²) >= 11 is 0. The Kier molecular flexibility index (Phi) is 3.30. The lowest BCUT2D eigenvalue weighted by Crippen LogP contribution is -2.43. The smallest absolute Gasteiger partial charge is 0.406 e. The quantitative estimate of drug-likeness (QED) is 0.813. The molecule has 0 heterocycles. The molecule has 3 rings (SSSR count). The molecule has 3 atom stereocenters. The molecule has 0 spiro atoms. The van der Waals surface area contributed by atoms with E-state index in [4.69, 9.17) is 0 Å². The predicted octanol–water partition coefficient (Wildman–Crippen LogP) is 4.72. The van der Waals surface area contributed by atoms with Gasteiger partial charge in [0.1, 0.15) is 5.75 Å². The number of rotatable bonds is 1. The summed E-state index contributed by atoms with van der Waals surface area (Å²) in [6, 6.07) is 4.34. The van der Waals surface area contributed by atoms with Gasteiger partial charge in [0.25, 0.3) is 0 Å². The van der Waals surface area contributed by atoms with E-state index >= 15 is 0 Å². The highest BCUT2D eigenvalue weighted by Crippen LogP contribution is 2.62. The molecule has 0 bridgehead atoms. The van der Waals surface area contributed by atoms with Crippen LogP contribution in [0.15, 0.2) is 18.2 Å². The largest absolute Gasteiger partial charge is 0.573 e. The normalized spacial score (nSPS) is 33.2. The van der Waals surface area contributed by atoms with Gasteiger partial charge >= 0.3 is 6.36 Å². The van der Waals surface area contributed by atoms with Gasteiger partial charge < -0.3 is 9.84 Å². The summed E-state index contributed by atoms with van der Waals surface area (Å²) in [7, 11) is 0. The van der Waals surface area contributed by atoms with Gasteiger partial charge in [-0.05, 0) is 46.9 Å². The molecule has 0 unspecified atom stereocenters. The first-order chi connectivity index (χ1) is 10.0. The SMILES string of the molecule is CC1(C)CCC[C@@]2(C)c3cc(OC(F)(F)F)ccc3[C@H](O)[C@H]12. The number of aliphatic hydroxyl groups excluding tert-OH is 1. The molecule has 2 aliphatic rings. The fourth-order valence-corrected chi connectivity index (χ4v) is 4.83. The van der Waals surface area contributed by atoms with Gasteiger partial charge in [0.15, 0.2) is 0 Å². The van der Waals surface area contributed by atoms with Crippen LogP contribution in [0.4, 0.5) is 13.2 Å². The molecule has 1 aromatic rings. The second kappa shape index (κ2) is 4.63. The Balaban J connectivity index is 2.06. The summed E-state index contributed by atoms with van der Waals surface area (Å²) in [5.74, 6) is -0.186. The van der Waals surface area contributed by atoms with Gasteiger partial charge in [-0.1, -0.05) is 33.3 Å². The molecule has 0 radical (unpaired) electrons. The number of alkyl halides is 3. The molecule has 22 heavy (non-hydrogen) atoms. The van der Waals surface area contributed by atoms with Gasteiger partial charge in [0.2, 0.25) is 0 Å². The summed E-state index contributed by atoms with van der Waals surface area (Å²) in [5, 5.41) is 10.7. The molecule has 2 aliphatic carbocycles. The van der Waals surface area contributed by atoms with E-state index < -0.39 is 12.5 Å². The van der Waals surface area contributed by atoms with E-state index in [-0.39, 0.29) is 22.5 Å². The number of hydrogen-bond donors (Lipinski definition) is 1. The van der Waals surface area contributed by atoms with E-state index in [2.05, 4.69) is 25.5 Å². The molecule has 0 aromatic heterocycles. The molecule has 1 saturated carbocycles. The highest BCUT2D eigenvalue weighted by Gasteiger charge is 2.56. The Morgan fingerprint density at radius 2 is 1.86 bits per heavy atom. The topological polar surface area (TPSA) is 29.5 Å². The Bertz CT molecular complexity index is 594. The molecule has 1 N–H and O–H groups in total. The molecule has 2 nitrogen and oxygen atoms in total. The van der Waals surface area contributed by atoms with Crippen LogP contribution in [0.25, 0.3) is 0 Å². The second-order valence-corrected chi connectivity index (χ2v) is 7.48. The highest BCUT2D eigenvalue weighted by molar-refractivity contribution is 5.48. The van der Waals surface area contributed by atoms with Crippen molar-refractivity contribution in [3.8, 4) is 5.75 Å². The zero-order valence-corrected chi connectivity index (χ0v) is 13.0. The third kappa shape index (κ3) is 2.30. The molecular formula is C17H21F3O2. The van der Waals surface area contributed by atoms with Crippen LogP contribution in [0.5, 0.6) is 5.75 Å². The Morgan fingerprint density at radius 1 is 1.18 bits per heavy atom. The Morgan fingerprint density at radius 3 is 2.50 bits per heavy atom. The van der Waals surface area contributed by atoms with Crippen molar-refractivity contribution in [1.29, 1.82) is 0 Å². The highest BCUT2D eigenvalue weighted by atomic mass is 19.4. The van der Waals surface area contributed by atoms with E-state index in [0.717, 1.165) is 30.4 Å². The molecule has 122 valence electrons.